The summed E-state index contributed by atoms with van der Waals surface area (Å²) in [5, 5.41) is 0. The van der Waals surface area contributed by atoms with Crippen molar-refractivity contribution >= 4 is 34.0 Å². The number of benzene rings is 1. The lowest BCUT2D eigenvalue weighted by Crippen LogP contribution is -2.35. The molecule has 0 unspecified atom stereocenters. The van der Waals surface area contributed by atoms with Crippen LogP contribution in [0.25, 0.3) is 22.3 Å². The molecule has 1 fully saturated rings. The molecule has 25 heavy (non-hydrogen) atoms. The van der Waals surface area contributed by atoms with Gasteiger partial charge in [0.15, 0.2) is 22.9 Å². The molecule has 5 rings (SSSR count). The van der Waals surface area contributed by atoms with Crippen molar-refractivity contribution in [3.8, 4) is 0 Å². The summed E-state index contributed by atoms with van der Waals surface area (Å²) in [6, 6.07) is 7.86. The maximum atomic E-state index is 5.97. The average molecular weight is 335 g/mol. The highest BCUT2D eigenvalue weighted by Crippen LogP contribution is 2.32. The van der Waals surface area contributed by atoms with Crippen LogP contribution in [0.2, 0.25) is 0 Å². The lowest BCUT2D eigenvalue weighted by molar-refractivity contribution is 0.412. The van der Waals surface area contributed by atoms with E-state index in [1.165, 1.54) is 0 Å². The summed E-state index contributed by atoms with van der Waals surface area (Å²) in [5.74, 6) is 2.03. The van der Waals surface area contributed by atoms with Crippen LogP contribution in [-0.2, 0) is 0 Å². The SMILES string of the molecule is Nc1nc(N2CCC[C@H](c3nc4ccccc4o3)C2)c2[nH]cnc2n1. The number of nitrogens with zero attached hydrogens (tertiary/aromatic N) is 5. The van der Waals surface area contributed by atoms with Crippen LogP contribution in [0.1, 0.15) is 24.7 Å². The second kappa shape index (κ2) is 5.44. The van der Waals surface area contributed by atoms with Gasteiger partial charge in [-0.15, -0.1) is 0 Å². The number of para-hydroxylation sites is 2. The number of imidazole rings is 1. The van der Waals surface area contributed by atoms with Crippen LogP contribution in [0.4, 0.5) is 11.8 Å². The van der Waals surface area contributed by atoms with Crippen molar-refractivity contribution in [2.45, 2.75) is 18.8 Å². The number of anilines is 2. The number of piperidine rings is 1. The summed E-state index contributed by atoms with van der Waals surface area (Å²) in [6.45, 7) is 1.68. The number of H-pyrrole nitrogens is 1. The van der Waals surface area contributed by atoms with Crippen molar-refractivity contribution in [3.05, 3.63) is 36.5 Å². The maximum Gasteiger partial charge on any atom is 0.224 e. The summed E-state index contributed by atoms with van der Waals surface area (Å²) in [5.41, 5.74) is 8.99. The number of aromatic amines is 1. The van der Waals surface area contributed by atoms with Gasteiger partial charge in [-0.1, -0.05) is 12.1 Å². The first-order valence-electron chi connectivity index (χ1n) is 8.35. The van der Waals surface area contributed by atoms with E-state index in [9.17, 15) is 0 Å². The first-order chi connectivity index (χ1) is 12.3. The predicted molar refractivity (Wildman–Crippen MR) is 94.3 cm³/mol. The van der Waals surface area contributed by atoms with Crippen molar-refractivity contribution in [3.63, 3.8) is 0 Å². The first-order valence-corrected chi connectivity index (χ1v) is 8.35. The normalized spacial score (nSPS) is 18.2. The van der Waals surface area contributed by atoms with Crippen molar-refractivity contribution in [2.75, 3.05) is 23.7 Å². The topological polar surface area (TPSA) is 110 Å². The number of aromatic nitrogens is 5. The molecule has 1 atom stereocenters. The molecule has 8 heteroatoms. The van der Waals surface area contributed by atoms with E-state index in [-0.39, 0.29) is 11.9 Å². The van der Waals surface area contributed by atoms with Crippen LogP contribution in [-0.4, -0.2) is 38.0 Å². The molecule has 3 N–H and O–H groups in total. The van der Waals surface area contributed by atoms with Gasteiger partial charge < -0.3 is 20.0 Å². The second-order valence-corrected chi connectivity index (χ2v) is 6.31. The molecule has 1 saturated heterocycles. The third-order valence-electron chi connectivity index (χ3n) is 4.66. The smallest absolute Gasteiger partial charge is 0.224 e. The quantitative estimate of drug-likeness (QED) is 0.579. The number of hydrogen-bond donors (Lipinski definition) is 2. The molecular weight excluding hydrogens is 318 g/mol. The number of fused-ring (bicyclic) bond motifs is 2. The molecule has 4 aromatic rings. The van der Waals surface area contributed by atoms with Crippen LogP contribution in [0.5, 0.6) is 0 Å². The number of nitrogens with one attached hydrogen (secondary N) is 1. The summed E-state index contributed by atoms with van der Waals surface area (Å²) in [7, 11) is 0. The van der Waals surface area contributed by atoms with E-state index in [1.54, 1.807) is 6.33 Å². The Morgan fingerprint density at radius 3 is 3.04 bits per heavy atom. The van der Waals surface area contributed by atoms with Gasteiger partial charge in [0.1, 0.15) is 11.0 Å². The number of rotatable bonds is 2. The minimum absolute atomic E-state index is 0.218. The van der Waals surface area contributed by atoms with Crippen LogP contribution in [0, 0.1) is 0 Å². The Morgan fingerprint density at radius 1 is 1.20 bits per heavy atom. The van der Waals surface area contributed by atoms with E-state index in [4.69, 9.17) is 10.2 Å². The minimum atomic E-state index is 0.218. The Kier molecular flexibility index (Phi) is 3.09. The van der Waals surface area contributed by atoms with Crippen LogP contribution in [0.15, 0.2) is 35.0 Å². The van der Waals surface area contributed by atoms with Crippen LogP contribution >= 0.6 is 0 Å². The highest BCUT2D eigenvalue weighted by Gasteiger charge is 2.28. The van der Waals surface area contributed by atoms with Gasteiger partial charge in [0.2, 0.25) is 5.95 Å². The molecule has 1 aromatic carbocycles. The molecule has 1 aliphatic heterocycles. The molecule has 0 spiro atoms. The predicted octanol–water partition coefficient (Wildman–Crippen LogP) is 2.46. The van der Waals surface area contributed by atoms with Gasteiger partial charge in [-0.2, -0.15) is 9.97 Å². The van der Waals surface area contributed by atoms with Gasteiger partial charge in [0, 0.05) is 13.1 Å². The Bertz CT molecular complexity index is 1020. The van der Waals surface area contributed by atoms with E-state index in [2.05, 4.69) is 29.8 Å². The molecule has 0 amide bonds. The second-order valence-electron chi connectivity index (χ2n) is 6.31. The first kappa shape index (κ1) is 14.2. The molecule has 1 aliphatic rings. The monoisotopic (exact) mass is 335 g/mol. The summed E-state index contributed by atoms with van der Waals surface area (Å²) in [4.78, 5) is 22.8. The fourth-order valence-corrected chi connectivity index (χ4v) is 3.50. The molecule has 0 bridgehead atoms. The third kappa shape index (κ3) is 2.37. The van der Waals surface area contributed by atoms with Crippen molar-refractivity contribution < 1.29 is 4.42 Å². The standard InChI is InChI=1S/C17H17N7O/c18-17-22-14-13(19-9-20-14)15(23-17)24-7-3-4-10(8-24)16-21-11-5-1-2-6-12(11)25-16/h1-2,5-6,9-10H,3-4,7-8H2,(H3,18,19,20,22,23)/t10-/m0/s1. The van der Waals surface area contributed by atoms with E-state index in [1.807, 2.05) is 24.3 Å². The summed E-state index contributed by atoms with van der Waals surface area (Å²) >= 11 is 0. The third-order valence-corrected chi connectivity index (χ3v) is 4.66. The fourth-order valence-electron chi connectivity index (χ4n) is 3.50. The molecule has 8 nitrogen and oxygen atoms in total. The Hall–Kier alpha value is -3.16. The van der Waals surface area contributed by atoms with E-state index < -0.39 is 0 Å². The zero-order chi connectivity index (χ0) is 16.8. The average Bonchev–Trinajstić information content (AvgIpc) is 3.27. The molecule has 4 heterocycles. The summed E-state index contributed by atoms with van der Waals surface area (Å²) in [6.07, 6.45) is 3.68. The number of hydrogen-bond acceptors (Lipinski definition) is 7. The van der Waals surface area contributed by atoms with Gasteiger partial charge >= 0.3 is 0 Å². The molecule has 0 radical (unpaired) electrons. The van der Waals surface area contributed by atoms with Crippen molar-refractivity contribution in [2.24, 2.45) is 0 Å². The van der Waals surface area contributed by atoms with E-state index in [0.29, 0.717) is 5.65 Å². The molecule has 0 saturated carbocycles. The van der Waals surface area contributed by atoms with Gasteiger partial charge in [0.25, 0.3) is 0 Å². The van der Waals surface area contributed by atoms with Crippen molar-refractivity contribution in [1.29, 1.82) is 0 Å². The highest BCUT2D eigenvalue weighted by molar-refractivity contribution is 5.84. The fraction of sp³-hybridized carbons (Fsp3) is 0.294. The molecular formula is C17H17N7O. The number of nitrogens with two attached hydrogens (primary N) is 1. The van der Waals surface area contributed by atoms with Crippen LogP contribution in [0.3, 0.4) is 0 Å². The Morgan fingerprint density at radius 2 is 2.12 bits per heavy atom. The lowest BCUT2D eigenvalue weighted by Gasteiger charge is -2.32. The van der Waals surface area contributed by atoms with E-state index >= 15 is 0 Å². The Labute approximate surface area is 143 Å². The minimum Gasteiger partial charge on any atom is -0.440 e. The number of oxazole rings is 1. The maximum absolute atomic E-state index is 5.97. The van der Waals surface area contributed by atoms with Crippen molar-refractivity contribution in [1.82, 2.24) is 24.9 Å². The van der Waals surface area contributed by atoms with E-state index in [0.717, 1.165) is 54.3 Å². The summed E-state index contributed by atoms with van der Waals surface area (Å²) < 4.78 is 5.97. The zero-order valence-corrected chi connectivity index (χ0v) is 13.5. The van der Waals surface area contributed by atoms with Crippen LogP contribution < -0.4 is 10.6 Å². The molecule has 0 aliphatic carbocycles. The molecule has 3 aromatic heterocycles. The van der Waals surface area contributed by atoms with Gasteiger partial charge in [-0.3, -0.25) is 0 Å². The molecule has 126 valence electrons. The highest BCUT2D eigenvalue weighted by atomic mass is 16.3. The largest absolute Gasteiger partial charge is 0.440 e. The zero-order valence-electron chi connectivity index (χ0n) is 13.5. The van der Waals surface area contributed by atoms with Gasteiger partial charge in [0.05, 0.1) is 12.2 Å². The number of nitrogen functional groups attached to an aromatic ring is 1. The van der Waals surface area contributed by atoms with Gasteiger partial charge in [-0.25, -0.2) is 9.97 Å². The lowest BCUT2D eigenvalue weighted by atomic mass is 9.98. The Balaban J connectivity index is 1.50. The van der Waals surface area contributed by atoms with Gasteiger partial charge in [-0.05, 0) is 25.0 Å².